The lowest BCUT2D eigenvalue weighted by Crippen LogP contribution is -1.99. The molecule has 0 fully saturated rings. The minimum atomic E-state index is 0.713. The van der Waals surface area contributed by atoms with Crippen molar-refractivity contribution < 1.29 is 0 Å². The predicted octanol–water partition coefficient (Wildman–Crippen LogP) is 2.65. The van der Waals surface area contributed by atoms with Crippen molar-refractivity contribution in [1.82, 2.24) is 14.3 Å². The molecule has 15 heavy (non-hydrogen) atoms. The maximum Gasteiger partial charge on any atom is 0.197 e. The van der Waals surface area contributed by atoms with Crippen LogP contribution in [0.3, 0.4) is 0 Å². The standard InChI is InChI=1S/C10H10ClN3S/c1-13-10(15)14(7-12-13)6-8-2-4-9(11)5-3-8/h2-5,7H,6H2,1H3. The van der Waals surface area contributed by atoms with E-state index < -0.39 is 0 Å². The van der Waals surface area contributed by atoms with E-state index in [9.17, 15) is 0 Å². The number of aryl methyl sites for hydroxylation is 1. The summed E-state index contributed by atoms with van der Waals surface area (Å²) in [5, 5.41) is 4.82. The average molecular weight is 240 g/mol. The van der Waals surface area contributed by atoms with Gasteiger partial charge in [0.15, 0.2) is 4.77 Å². The minimum absolute atomic E-state index is 0.713. The van der Waals surface area contributed by atoms with E-state index >= 15 is 0 Å². The van der Waals surface area contributed by atoms with Gasteiger partial charge in [0, 0.05) is 12.1 Å². The van der Waals surface area contributed by atoms with Crippen molar-refractivity contribution in [1.29, 1.82) is 0 Å². The largest absolute Gasteiger partial charge is 0.302 e. The molecule has 3 nitrogen and oxygen atoms in total. The zero-order valence-corrected chi connectivity index (χ0v) is 9.79. The number of aromatic nitrogens is 3. The molecule has 0 spiro atoms. The van der Waals surface area contributed by atoms with E-state index in [1.807, 2.05) is 35.9 Å². The van der Waals surface area contributed by atoms with E-state index in [0.29, 0.717) is 4.77 Å². The van der Waals surface area contributed by atoms with Gasteiger partial charge in [0.05, 0.1) is 6.54 Å². The molecule has 2 rings (SSSR count). The molecule has 0 aliphatic heterocycles. The van der Waals surface area contributed by atoms with Crippen molar-refractivity contribution in [2.45, 2.75) is 6.54 Å². The van der Waals surface area contributed by atoms with E-state index in [1.165, 1.54) is 0 Å². The van der Waals surface area contributed by atoms with Gasteiger partial charge in [0.2, 0.25) is 0 Å². The third kappa shape index (κ3) is 2.27. The van der Waals surface area contributed by atoms with Gasteiger partial charge in [-0.15, -0.1) is 0 Å². The molecule has 1 aromatic carbocycles. The lowest BCUT2D eigenvalue weighted by molar-refractivity contribution is 0.722. The molecule has 0 saturated heterocycles. The number of nitrogens with zero attached hydrogens (tertiary/aromatic N) is 3. The summed E-state index contributed by atoms with van der Waals surface area (Å²) < 4.78 is 4.30. The number of halogens is 1. The summed E-state index contributed by atoms with van der Waals surface area (Å²) in [5.41, 5.74) is 1.16. The number of hydrogen-bond acceptors (Lipinski definition) is 2. The molecule has 0 aliphatic carbocycles. The van der Waals surface area contributed by atoms with Gasteiger partial charge in [-0.05, 0) is 29.9 Å². The normalized spacial score (nSPS) is 10.5. The Kier molecular flexibility index (Phi) is 2.88. The highest BCUT2D eigenvalue weighted by Gasteiger charge is 1.99. The SMILES string of the molecule is Cn1ncn(Cc2ccc(Cl)cc2)c1=S. The van der Waals surface area contributed by atoms with Crippen LogP contribution in [0.2, 0.25) is 5.02 Å². The third-order valence-corrected chi connectivity index (χ3v) is 2.90. The van der Waals surface area contributed by atoms with Crippen LogP contribution >= 0.6 is 23.8 Å². The van der Waals surface area contributed by atoms with Crippen molar-refractivity contribution >= 4 is 23.8 Å². The van der Waals surface area contributed by atoms with E-state index in [-0.39, 0.29) is 0 Å². The molecule has 1 heterocycles. The van der Waals surface area contributed by atoms with Crippen LogP contribution < -0.4 is 0 Å². The lowest BCUT2D eigenvalue weighted by atomic mass is 10.2. The highest BCUT2D eigenvalue weighted by atomic mass is 35.5. The van der Waals surface area contributed by atoms with E-state index in [1.54, 1.807) is 11.0 Å². The Hall–Kier alpha value is -1.13. The highest BCUT2D eigenvalue weighted by molar-refractivity contribution is 7.71. The summed E-state index contributed by atoms with van der Waals surface area (Å²) in [5.74, 6) is 0. The van der Waals surface area contributed by atoms with E-state index in [2.05, 4.69) is 5.10 Å². The van der Waals surface area contributed by atoms with Crippen molar-refractivity contribution in [3.05, 3.63) is 45.9 Å². The van der Waals surface area contributed by atoms with Crippen LogP contribution in [0.1, 0.15) is 5.56 Å². The second kappa shape index (κ2) is 4.16. The number of benzene rings is 1. The van der Waals surface area contributed by atoms with Crippen LogP contribution in [0.15, 0.2) is 30.6 Å². The van der Waals surface area contributed by atoms with Crippen molar-refractivity contribution in [3.8, 4) is 0 Å². The Balaban J connectivity index is 2.26. The molecule has 0 saturated carbocycles. The zero-order chi connectivity index (χ0) is 10.8. The Labute approximate surface area is 97.9 Å². The third-order valence-electron chi connectivity index (χ3n) is 2.15. The molecule has 0 atom stereocenters. The van der Waals surface area contributed by atoms with Crippen molar-refractivity contribution in [2.24, 2.45) is 7.05 Å². The van der Waals surface area contributed by atoms with Gasteiger partial charge in [0.25, 0.3) is 0 Å². The molecule has 0 aliphatic rings. The van der Waals surface area contributed by atoms with E-state index in [4.69, 9.17) is 23.8 Å². The average Bonchev–Trinajstić information content (AvgIpc) is 2.53. The van der Waals surface area contributed by atoms with Crippen LogP contribution in [0.25, 0.3) is 0 Å². The fourth-order valence-corrected chi connectivity index (χ4v) is 1.60. The van der Waals surface area contributed by atoms with Crippen LogP contribution in [0.4, 0.5) is 0 Å². The molecule has 0 bridgehead atoms. The predicted molar refractivity (Wildman–Crippen MR) is 62.6 cm³/mol. The monoisotopic (exact) mass is 239 g/mol. The summed E-state index contributed by atoms with van der Waals surface area (Å²) in [6.45, 7) is 0.726. The molecule has 78 valence electrons. The van der Waals surface area contributed by atoms with E-state index in [0.717, 1.165) is 17.1 Å². The first-order valence-electron chi connectivity index (χ1n) is 4.50. The number of rotatable bonds is 2. The second-order valence-corrected chi connectivity index (χ2v) is 4.09. The van der Waals surface area contributed by atoms with Crippen LogP contribution in [-0.2, 0) is 13.6 Å². The van der Waals surface area contributed by atoms with Crippen molar-refractivity contribution in [2.75, 3.05) is 0 Å². The lowest BCUT2D eigenvalue weighted by Gasteiger charge is -2.01. The first-order chi connectivity index (χ1) is 7.16. The summed E-state index contributed by atoms with van der Waals surface area (Å²) >= 11 is 11.0. The molecular weight excluding hydrogens is 230 g/mol. The van der Waals surface area contributed by atoms with Gasteiger partial charge in [-0.25, -0.2) is 4.68 Å². The maximum atomic E-state index is 5.81. The molecular formula is C10H10ClN3S. The van der Waals surface area contributed by atoms with Crippen molar-refractivity contribution in [3.63, 3.8) is 0 Å². The topological polar surface area (TPSA) is 22.8 Å². The van der Waals surface area contributed by atoms with Crippen LogP contribution in [0, 0.1) is 4.77 Å². The minimum Gasteiger partial charge on any atom is -0.302 e. The molecule has 0 amide bonds. The Morgan fingerprint density at radius 2 is 2.00 bits per heavy atom. The quantitative estimate of drug-likeness (QED) is 0.752. The van der Waals surface area contributed by atoms with Crippen LogP contribution in [0.5, 0.6) is 0 Å². The van der Waals surface area contributed by atoms with Gasteiger partial charge < -0.3 is 4.57 Å². The molecule has 0 radical (unpaired) electrons. The van der Waals surface area contributed by atoms with Gasteiger partial charge >= 0.3 is 0 Å². The first kappa shape index (κ1) is 10.4. The Morgan fingerprint density at radius 3 is 2.53 bits per heavy atom. The summed E-state index contributed by atoms with van der Waals surface area (Å²) in [7, 11) is 1.83. The molecule has 1 aromatic heterocycles. The fraction of sp³-hybridized carbons (Fsp3) is 0.200. The summed E-state index contributed by atoms with van der Waals surface area (Å²) in [6, 6.07) is 7.71. The van der Waals surface area contributed by atoms with Gasteiger partial charge in [-0.2, -0.15) is 5.10 Å². The zero-order valence-electron chi connectivity index (χ0n) is 8.22. The molecule has 0 N–H and O–H groups in total. The summed E-state index contributed by atoms with van der Waals surface area (Å²) in [4.78, 5) is 0. The van der Waals surface area contributed by atoms with Gasteiger partial charge in [0.1, 0.15) is 6.33 Å². The van der Waals surface area contributed by atoms with Crippen LogP contribution in [-0.4, -0.2) is 14.3 Å². The summed E-state index contributed by atoms with van der Waals surface area (Å²) in [6.07, 6.45) is 1.73. The molecule has 5 heteroatoms. The molecule has 0 unspecified atom stereocenters. The van der Waals surface area contributed by atoms with Gasteiger partial charge in [-0.3, -0.25) is 0 Å². The molecule has 2 aromatic rings. The maximum absolute atomic E-state index is 5.81. The van der Waals surface area contributed by atoms with Gasteiger partial charge in [-0.1, -0.05) is 23.7 Å². The fourth-order valence-electron chi connectivity index (χ4n) is 1.32. The second-order valence-electron chi connectivity index (χ2n) is 3.29. The Morgan fingerprint density at radius 1 is 1.33 bits per heavy atom. The highest BCUT2D eigenvalue weighted by Crippen LogP contribution is 2.10. The first-order valence-corrected chi connectivity index (χ1v) is 5.28. The smallest absolute Gasteiger partial charge is 0.197 e. The number of hydrogen-bond donors (Lipinski definition) is 0. The Bertz CT molecular complexity index is 512.